The number of Topliss-reactive ketones (excluding diaryl/α,β-unsaturated/α-hetero) is 1. The van der Waals surface area contributed by atoms with Gasteiger partial charge in [-0.3, -0.25) is 14.5 Å². The Bertz CT molecular complexity index is 224. The van der Waals surface area contributed by atoms with Gasteiger partial charge in [-0.15, -0.1) is 0 Å². The number of carboxylic acids is 1. The van der Waals surface area contributed by atoms with E-state index < -0.39 is 5.97 Å². The molecule has 4 nitrogen and oxygen atoms in total. The highest BCUT2D eigenvalue weighted by atomic mass is 16.4. The molecule has 0 aromatic heterocycles. The fourth-order valence-corrected chi connectivity index (χ4v) is 1.75. The van der Waals surface area contributed by atoms with Gasteiger partial charge in [0.05, 0.1) is 19.0 Å². The zero-order valence-electron chi connectivity index (χ0n) is 6.69. The van der Waals surface area contributed by atoms with Gasteiger partial charge in [0.15, 0.2) is 5.78 Å². The lowest BCUT2D eigenvalue weighted by molar-refractivity contribution is -0.149. The van der Waals surface area contributed by atoms with Crippen LogP contribution in [0.15, 0.2) is 0 Å². The van der Waals surface area contributed by atoms with Crippen molar-refractivity contribution in [1.29, 1.82) is 0 Å². The van der Waals surface area contributed by atoms with E-state index in [2.05, 4.69) is 4.90 Å². The fraction of sp³-hybridized carbons (Fsp3) is 0.750. The monoisotopic (exact) mass is 169 g/mol. The van der Waals surface area contributed by atoms with Gasteiger partial charge in [0.1, 0.15) is 0 Å². The largest absolute Gasteiger partial charge is 0.481 e. The van der Waals surface area contributed by atoms with Gasteiger partial charge < -0.3 is 5.11 Å². The second-order valence-corrected chi connectivity index (χ2v) is 3.60. The minimum absolute atomic E-state index is 0.161. The van der Waals surface area contributed by atoms with Crippen LogP contribution < -0.4 is 0 Å². The number of carboxylic acid groups (broad SMARTS) is 1. The lowest BCUT2D eigenvalue weighted by atomic mass is 9.78. The van der Waals surface area contributed by atoms with Gasteiger partial charge >= 0.3 is 5.97 Å². The summed E-state index contributed by atoms with van der Waals surface area (Å²) in [6.45, 7) is 1.08. The molecule has 0 radical (unpaired) electrons. The lowest BCUT2D eigenvalue weighted by Crippen LogP contribution is -2.57. The van der Waals surface area contributed by atoms with Crippen LogP contribution in [0.2, 0.25) is 0 Å². The third-order valence-corrected chi connectivity index (χ3v) is 2.74. The molecule has 12 heavy (non-hydrogen) atoms. The van der Waals surface area contributed by atoms with Crippen LogP contribution in [0, 0.1) is 5.92 Å². The van der Waals surface area contributed by atoms with Crippen LogP contribution in [0.3, 0.4) is 0 Å². The summed E-state index contributed by atoms with van der Waals surface area (Å²) in [5.41, 5.74) is 0. The molecule has 1 saturated heterocycles. The molecule has 1 aliphatic heterocycles. The van der Waals surface area contributed by atoms with Crippen LogP contribution in [0.25, 0.3) is 0 Å². The van der Waals surface area contributed by atoms with Gasteiger partial charge in [-0.1, -0.05) is 0 Å². The van der Waals surface area contributed by atoms with Gasteiger partial charge in [0.25, 0.3) is 0 Å². The number of nitrogens with zero attached hydrogens (tertiary/aromatic N) is 1. The first-order valence-corrected chi connectivity index (χ1v) is 4.15. The van der Waals surface area contributed by atoms with Crippen molar-refractivity contribution in [2.24, 2.45) is 5.92 Å². The third-order valence-electron chi connectivity index (χ3n) is 2.74. The zero-order valence-corrected chi connectivity index (χ0v) is 6.69. The summed E-state index contributed by atoms with van der Waals surface area (Å²) in [7, 11) is 0. The Hall–Kier alpha value is -0.900. The Morgan fingerprint density at radius 1 is 1.42 bits per heavy atom. The van der Waals surface area contributed by atoms with Crippen LogP contribution in [0.4, 0.5) is 0 Å². The number of ketones is 1. The molecule has 1 N–H and O–H groups in total. The molecule has 0 bridgehead atoms. The Labute approximate surface area is 70.2 Å². The predicted octanol–water partition coefficient (Wildman–Crippen LogP) is -0.266. The zero-order chi connectivity index (χ0) is 8.72. The second-order valence-electron chi connectivity index (χ2n) is 3.60. The van der Waals surface area contributed by atoms with Crippen LogP contribution in [-0.4, -0.2) is 40.9 Å². The first kappa shape index (κ1) is 7.73. The molecule has 0 aromatic carbocycles. The molecular formula is C8H11NO3. The van der Waals surface area contributed by atoms with Gasteiger partial charge in [0, 0.05) is 6.04 Å². The van der Waals surface area contributed by atoms with Crippen molar-refractivity contribution in [1.82, 2.24) is 4.90 Å². The van der Waals surface area contributed by atoms with Crippen LogP contribution >= 0.6 is 0 Å². The predicted molar refractivity (Wildman–Crippen MR) is 40.7 cm³/mol. The van der Waals surface area contributed by atoms with Gasteiger partial charge in [0.2, 0.25) is 0 Å². The van der Waals surface area contributed by atoms with E-state index in [1.807, 2.05) is 0 Å². The Morgan fingerprint density at radius 3 is 2.42 bits per heavy atom. The Balaban J connectivity index is 1.75. The first-order chi connectivity index (χ1) is 5.66. The topological polar surface area (TPSA) is 57.6 Å². The van der Waals surface area contributed by atoms with Gasteiger partial charge in [-0.25, -0.2) is 0 Å². The quantitative estimate of drug-likeness (QED) is 0.618. The van der Waals surface area contributed by atoms with Crippen molar-refractivity contribution in [2.75, 3.05) is 13.1 Å². The molecule has 0 unspecified atom stereocenters. The standard InChI is InChI=1S/C8H11NO3/c10-7-3-9(4-7)6-1-5(2-6)8(11)12/h5-6H,1-4H2,(H,11,12). The lowest BCUT2D eigenvalue weighted by Gasteiger charge is -2.44. The average Bonchev–Trinajstić information content (AvgIpc) is 1.79. The van der Waals surface area contributed by atoms with Crippen molar-refractivity contribution in [3.05, 3.63) is 0 Å². The van der Waals surface area contributed by atoms with Crippen molar-refractivity contribution in [2.45, 2.75) is 18.9 Å². The molecule has 0 amide bonds. The van der Waals surface area contributed by atoms with E-state index in [0.29, 0.717) is 19.1 Å². The molecule has 1 aliphatic carbocycles. The minimum atomic E-state index is -0.696. The maximum Gasteiger partial charge on any atom is 0.306 e. The highest BCUT2D eigenvalue weighted by molar-refractivity contribution is 5.87. The van der Waals surface area contributed by atoms with Gasteiger partial charge in [-0.2, -0.15) is 0 Å². The average molecular weight is 169 g/mol. The van der Waals surface area contributed by atoms with E-state index in [1.165, 1.54) is 0 Å². The summed E-state index contributed by atoms with van der Waals surface area (Å²) in [6, 6.07) is 0.365. The molecular weight excluding hydrogens is 158 g/mol. The normalized spacial score (nSPS) is 35.5. The number of hydrogen-bond acceptors (Lipinski definition) is 3. The summed E-state index contributed by atoms with van der Waals surface area (Å²) in [6.07, 6.45) is 1.45. The summed E-state index contributed by atoms with van der Waals surface area (Å²) in [4.78, 5) is 23.1. The maximum absolute atomic E-state index is 10.6. The van der Waals surface area contributed by atoms with E-state index in [-0.39, 0.29) is 11.7 Å². The number of rotatable bonds is 2. The number of carbonyl (C=O) groups excluding carboxylic acids is 1. The molecule has 4 heteroatoms. The molecule has 0 aromatic rings. The van der Waals surface area contributed by atoms with Crippen molar-refractivity contribution >= 4 is 11.8 Å². The Kier molecular flexibility index (Phi) is 1.65. The van der Waals surface area contributed by atoms with Crippen molar-refractivity contribution in [3.8, 4) is 0 Å². The van der Waals surface area contributed by atoms with E-state index >= 15 is 0 Å². The molecule has 1 heterocycles. The van der Waals surface area contributed by atoms with Gasteiger partial charge in [-0.05, 0) is 12.8 Å². The summed E-state index contributed by atoms with van der Waals surface area (Å²) >= 11 is 0. The van der Waals surface area contributed by atoms with E-state index in [0.717, 1.165) is 12.8 Å². The molecule has 66 valence electrons. The molecule has 2 fully saturated rings. The molecule has 2 rings (SSSR count). The van der Waals surface area contributed by atoms with E-state index in [9.17, 15) is 9.59 Å². The fourth-order valence-electron chi connectivity index (χ4n) is 1.75. The van der Waals surface area contributed by atoms with E-state index in [1.54, 1.807) is 0 Å². The minimum Gasteiger partial charge on any atom is -0.481 e. The van der Waals surface area contributed by atoms with Crippen molar-refractivity contribution in [3.63, 3.8) is 0 Å². The Morgan fingerprint density at radius 2 is 2.00 bits per heavy atom. The van der Waals surface area contributed by atoms with Crippen LogP contribution in [0.1, 0.15) is 12.8 Å². The first-order valence-electron chi connectivity index (χ1n) is 4.15. The second kappa shape index (κ2) is 2.55. The number of carbonyl (C=O) groups is 2. The molecule has 1 saturated carbocycles. The number of hydrogen-bond donors (Lipinski definition) is 1. The van der Waals surface area contributed by atoms with Crippen molar-refractivity contribution < 1.29 is 14.7 Å². The SMILES string of the molecule is O=C1CN(C2CC(C(=O)O)C2)C1. The van der Waals surface area contributed by atoms with Crippen LogP contribution in [-0.2, 0) is 9.59 Å². The number of likely N-dealkylation sites (tertiary alicyclic amines) is 1. The number of aliphatic carboxylic acids is 1. The third kappa shape index (κ3) is 1.12. The summed E-state index contributed by atoms with van der Waals surface area (Å²) < 4.78 is 0. The smallest absolute Gasteiger partial charge is 0.306 e. The van der Waals surface area contributed by atoms with Crippen LogP contribution in [0.5, 0.6) is 0 Å². The summed E-state index contributed by atoms with van der Waals surface area (Å²) in [5, 5.41) is 8.59. The maximum atomic E-state index is 10.6. The van der Waals surface area contributed by atoms with E-state index in [4.69, 9.17) is 5.11 Å². The molecule has 2 aliphatic rings. The summed E-state index contributed by atoms with van der Waals surface area (Å²) in [5.74, 6) is -0.586. The molecule has 0 spiro atoms. The highest BCUT2D eigenvalue weighted by Gasteiger charge is 2.41. The molecule has 0 atom stereocenters. The highest BCUT2D eigenvalue weighted by Crippen LogP contribution is 2.33.